The number of carbonyl (C=O) groups excluding carboxylic acids is 1. The zero-order valence-electron chi connectivity index (χ0n) is 16.2. The Morgan fingerprint density at radius 2 is 1.90 bits per heavy atom. The van der Waals surface area contributed by atoms with Crippen LogP contribution in [-0.4, -0.2) is 5.91 Å². The molecule has 0 radical (unpaired) electrons. The second-order valence-electron chi connectivity index (χ2n) is 6.56. The summed E-state index contributed by atoms with van der Waals surface area (Å²) in [6.45, 7) is 2.04. The van der Waals surface area contributed by atoms with Crippen LogP contribution in [0.3, 0.4) is 0 Å². The van der Waals surface area contributed by atoms with Crippen molar-refractivity contribution in [2.24, 2.45) is 0 Å². The molecule has 0 aromatic heterocycles. The lowest BCUT2D eigenvalue weighted by atomic mass is 10.1. The van der Waals surface area contributed by atoms with Crippen LogP contribution < -0.4 is 10.1 Å². The molecule has 4 nitrogen and oxygen atoms in total. The quantitative estimate of drug-likeness (QED) is 0.358. The SMILES string of the molecule is Cc1ccc(NC(=O)/C(C#N)=C/c2ccc(OCc3ccccc3F)c(Br)c2)cc1. The molecule has 0 spiro atoms. The average molecular weight is 465 g/mol. The molecule has 3 aromatic carbocycles. The zero-order chi connectivity index (χ0) is 21.5. The Kier molecular flexibility index (Phi) is 6.99. The van der Waals surface area contributed by atoms with Crippen LogP contribution in [-0.2, 0) is 11.4 Å². The van der Waals surface area contributed by atoms with Gasteiger partial charge < -0.3 is 10.1 Å². The monoisotopic (exact) mass is 464 g/mol. The van der Waals surface area contributed by atoms with Crippen LogP contribution in [0.2, 0.25) is 0 Å². The van der Waals surface area contributed by atoms with Gasteiger partial charge >= 0.3 is 0 Å². The van der Waals surface area contributed by atoms with Crippen LogP contribution >= 0.6 is 15.9 Å². The van der Waals surface area contributed by atoms with E-state index in [2.05, 4.69) is 21.2 Å². The lowest BCUT2D eigenvalue weighted by Crippen LogP contribution is -2.13. The number of carbonyl (C=O) groups is 1. The molecule has 150 valence electrons. The molecule has 0 saturated carbocycles. The first-order valence-corrected chi connectivity index (χ1v) is 9.91. The van der Waals surface area contributed by atoms with E-state index in [1.807, 2.05) is 25.1 Å². The van der Waals surface area contributed by atoms with Gasteiger partial charge in [-0.15, -0.1) is 0 Å². The Morgan fingerprint density at radius 3 is 2.57 bits per heavy atom. The molecule has 0 saturated heterocycles. The Bertz CT molecular complexity index is 1130. The van der Waals surface area contributed by atoms with Crippen LogP contribution in [0.5, 0.6) is 5.75 Å². The minimum Gasteiger partial charge on any atom is -0.488 e. The average Bonchev–Trinajstić information content (AvgIpc) is 2.74. The number of hydrogen-bond acceptors (Lipinski definition) is 3. The second kappa shape index (κ2) is 9.86. The molecule has 1 amide bonds. The van der Waals surface area contributed by atoms with Gasteiger partial charge in [0.1, 0.15) is 29.8 Å². The number of amides is 1. The number of hydrogen-bond donors (Lipinski definition) is 1. The molecule has 3 aromatic rings. The first-order valence-electron chi connectivity index (χ1n) is 9.12. The number of anilines is 1. The van der Waals surface area contributed by atoms with Crippen molar-refractivity contribution in [3.8, 4) is 11.8 Å². The van der Waals surface area contributed by atoms with Crippen LogP contribution in [0.15, 0.2) is 76.8 Å². The van der Waals surface area contributed by atoms with E-state index in [-0.39, 0.29) is 18.0 Å². The molecule has 0 atom stereocenters. The van der Waals surface area contributed by atoms with Gasteiger partial charge in [0.2, 0.25) is 0 Å². The predicted molar refractivity (Wildman–Crippen MR) is 118 cm³/mol. The zero-order valence-corrected chi connectivity index (χ0v) is 17.7. The Morgan fingerprint density at radius 1 is 1.17 bits per heavy atom. The van der Waals surface area contributed by atoms with Crippen molar-refractivity contribution < 1.29 is 13.9 Å². The maximum atomic E-state index is 13.7. The van der Waals surface area contributed by atoms with E-state index in [0.29, 0.717) is 27.0 Å². The maximum Gasteiger partial charge on any atom is 0.266 e. The molecule has 1 N–H and O–H groups in total. The number of benzene rings is 3. The number of ether oxygens (including phenoxy) is 1. The third-order valence-electron chi connectivity index (χ3n) is 4.28. The molecular formula is C24H18BrFN2O2. The summed E-state index contributed by atoms with van der Waals surface area (Å²) in [4.78, 5) is 12.4. The number of aryl methyl sites for hydroxylation is 1. The summed E-state index contributed by atoms with van der Waals surface area (Å²) in [6.07, 6.45) is 1.49. The van der Waals surface area contributed by atoms with Gasteiger partial charge in [0.05, 0.1) is 4.47 Å². The lowest BCUT2D eigenvalue weighted by molar-refractivity contribution is -0.112. The lowest BCUT2D eigenvalue weighted by Gasteiger charge is -2.10. The largest absolute Gasteiger partial charge is 0.488 e. The molecule has 3 rings (SSSR count). The molecule has 6 heteroatoms. The van der Waals surface area contributed by atoms with Crippen molar-refractivity contribution >= 4 is 33.6 Å². The Balaban J connectivity index is 1.71. The summed E-state index contributed by atoms with van der Waals surface area (Å²) in [5.74, 6) is -0.290. The summed E-state index contributed by atoms with van der Waals surface area (Å²) < 4.78 is 20.0. The van der Waals surface area contributed by atoms with E-state index in [1.165, 1.54) is 12.1 Å². The highest BCUT2D eigenvalue weighted by atomic mass is 79.9. The molecule has 0 aliphatic rings. The number of nitriles is 1. The Hall–Kier alpha value is -3.43. The summed E-state index contributed by atoms with van der Waals surface area (Å²) in [6, 6.07) is 20.8. The minimum absolute atomic E-state index is 0.0255. The molecule has 0 unspecified atom stereocenters. The van der Waals surface area contributed by atoms with Crippen LogP contribution in [0, 0.1) is 24.1 Å². The minimum atomic E-state index is -0.489. The van der Waals surface area contributed by atoms with E-state index in [4.69, 9.17) is 4.74 Å². The fourth-order valence-electron chi connectivity index (χ4n) is 2.65. The highest BCUT2D eigenvalue weighted by Gasteiger charge is 2.11. The van der Waals surface area contributed by atoms with E-state index in [0.717, 1.165) is 5.56 Å². The van der Waals surface area contributed by atoms with Gasteiger partial charge in [-0.2, -0.15) is 5.26 Å². The van der Waals surface area contributed by atoms with Crippen molar-refractivity contribution in [1.82, 2.24) is 0 Å². The highest BCUT2D eigenvalue weighted by Crippen LogP contribution is 2.28. The smallest absolute Gasteiger partial charge is 0.266 e. The van der Waals surface area contributed by atoms with E-state index in [9.17, 15) is 14.4 Å². The molecule has 0 aliphatic heterocycles. The molecule has 0 heterocycles. The van der Waals surface area contributed by atoms with Crippen molar-refractivity contribution in [2.45, 2.75) is 13.5 Å². The number of nitrogens with zero attached hydrogens (tertiary/aromatic N) is 1. The fraction of sp³-hybridized carbons (Fsp3) is 0.0833. The summed E-state index contributed by atoms with van der Waals surface area (Å²) in [5.41, 5.74) is 2.77. The number of halogens is 2. The third kappa shape index (κ3) is 5.56. The normalized spacial score (nSPS) is 10.9. The summed E-state index contributed by atoms with van der Waals surface area (Å²) in [5, 5.41) is 12.1. The van der Waals surface area contributed by atoms with E-state index < -0.39 is 5.91 Å². The highest BCUT2D eigenvalue weighted by molar-refractivity contribution is 9.10. The van der Waals surface area contributed by atoms with Crippen molar-refractivity contribution in [2.75, 3.05) is 5.32 Å². The molecule has 30 heavy (non-hydrogen) atoms. The predicted octanol–water partition coefficient (Wildman–Crippen LogP) is 6.02. The van der Waals surface area contributed by atoms with Gasteiger partial charge in [-0.3, -0.25) is 4.79 Å². The molecule has 0 aliphatic carbocycles. The second-order valence-corrected chi connectivity index (χ2v) is 7.41. The van der Waals surface area contributed by atoms with Crippen LogP contribution in [0.1, 0.15) is 16.7 Å². The summed E-state index contributed by atoms with van der Waals surface area (Å²) in [7, 11) is 0. The number of nitrogens with one attached hydrogen (secondary N) is 1. The van der Waals surface area contributed by atoms with Gasteiger partial charge in [-0.05, 0) is 64.8 Å². The first kappa shape index (κ1) is 21.3. The summed E-state index contributed by atoms with van der Waals surface area (Å²) >= 11 is 3.42. The molecular weight excluding hydrogens is 447 g/mol. The number of rotatable bonds is 6. The standard InChI is InChI=1S/C24H18BrFN2O2/c1-16-6-9-20(10-7-16)28-24(29)19(14-27)12-17-8-11-23(21(25)13-17)30-15-18-4-2-3-5-22(18)26/h2-13H,15H2,1H3,(H,28,29)/b19-12+. The maximum absolute atomic E-state index is 13.7. The van der Waals surface area contributed by atoms with Crippen LogP contribution in [0.25, 0.3) is 6.08 Å². The van der Waals surface area contributed by atoms with Gasteiger partial charge in [0.15, 0.2) is 0 Å². The topological polar surface area (TPSA) is 62.1 Å². The van der Waals surface area contributed by atoms with Gasteiger partial charge in [0.25, 0.3) is 5.91 Å². The van der Waals surface area contributed by atoms with Gasteiger partial charge in [-0.25, -0.2) is 4.39 Å². The first-order chi connectivity index (χ1) is 14.5. The van der Waals surface area contributed by atoms with Gasteiger partial charge in [0, 0.05) is 11.3 Å². The Labute approximate surface area is 182 Å². The third-order valence-corrected chi connectivity index (χ3v) is 4.90. The van der Waals surface area contributed by atoms with Gasteiger partial charge in [-0.1, -0.05) is 42.0 Å². The van der Waals surface area contributed by atoms with Crippen LogP contribution in [0.4, 0.5) is 10.1 Å². The molecule has 0 bridgehead atoms. The van der Waals surface area contributed by atoms with E-state index in [1.54, 1.807) is 48.5 Å². The van der Waals surface area contributed by atoms with E-state index >= 15 is 0 Å². The fourth-order valence-corrected chi connectivity index (χ4v) is 3.16. The molecule has 0 fully saturated rings. The van der Waals surface area contributed by atoms with Crippen molar-refractivity contribution in [1.29, 1.82) is 5.26 Å². The van der Waals surface area contributed by atoms with Crippen molar-refractivity contribution in [3.05, 3.63) is 99.3 Å². The van der Waals surface area contributed by atoms with Crippen molar-refractivity contribution in [3.63, 3.8) is 0 Å².